The highest BCUT2D eigenvalue weighted by molar-refractivity contribution is 6.03. The summed E-state index contributed by atoms with van der Waals surface area (Å²) in [5.74, 6) is 1.54. The van der Waals surface area contributed by atoms with Crippen molar-refractivity contribution in [3.63, 3.8) is 0 Å². The highest BCUT2D eigenvalue weighted by Gasteiger charge is 2.10. The van der Waals surface area contributed by atoms with Gasteiger partial charge in [0.05, 0.1) is 27.0 Å². The summed E-state index contributed by atoms with van der Waals surface area (Å²) < 4.78 is 15.6. The molecule has 3 aromatic carbocycles. The minimum atomic E-state index is -0.345. The van der Waals surface area contributed by atoms with Gasteiger partial charge in [-0.2, -0.15) is 5.10 Å². The largest absolute Gasteiger partial charge is 0.497 e. The summed E-state index contributed by atoms with van der Waals surface area (Å²) in [7, 11) is 4.72. The topological polar surface area (TPSA) is 69.2 Å². The van der Waals surface area contributed by atoms with Gasteiger partial charge in [0, 0.05) is 11.6 Å². The Balaban J connectivity index is 1.80. The zero-order chi connectivity index (χ0) is 20.1. The maximum Gasteiger partial charge on any atom is 0.271 e. The first-order chi connectivity index (χ1) is 13.5. The zero-order valence-corrected chi connectivity index (χ0v) is 16.3. The second-order valence-electron chi connectivity index (χ2n) is 6.17. The van der Waals surface area contributed by atoms with E-state index >= 15 is 0 Å². The summed E-state index contributed by atoms with van der Waals surface area (Å²) in [6.07, 6.45) is 0. The third-order valence-electron chi connectivity index (χ3n) is 4.40. The first kappa shape index (κ1) is 19.2. The van der Waals surface area contributed by atoms with Crippen molar-refractivity contribution in [3.8, 4) is 17.2 Å². The number of carbonyl (C=O) groups excluding carboxylic acids is 1. The summed E-state index contributed by atoms with van der Waals surface area (Å²) in [5, 5.41) is 6.37. The fraction of sp³-hybridized carbons (Fsp3) is 0.182. The molecule has 3 aromatic rings. The maximum absolute atomic E-state index is 12.5. The van der Waals surface area contributed by atoms with Gasteiger partial charge in [-0.1, -0.05) is 18.2 Å². The van der Waals surface area contributed by atoms with Crippen molar-refractivity contribution in [3.05, 3.63) is 65.7 Å². The molecular weight excluding hydrogens is 356 g/mol. The predicted molar refractivity (Wildman–Crippen MR) is 110 cm³/mol. The monoisotopic (exact) mass is 378 g/mol. The molecule has 0 spiro atoms. The van der Waals surface area contributed by atoms with Crippen LogP contribution in [-0.2, 0) is 0 Å². The number of nitrogens with zero attached hydrogens (tertiary/aromatic N) is 1. The number of fused-ring (bicyclic) bond motifs is 1. The van der Waals surface area contributed by atoms with E-state index in [1.165, 1.54) is 14.2 Å². The minimum absolute atomic E-state index is 0.345. The van der Waals surface area contributed by atoms with Gasteiger partial charge in [0.2, 0.25) is 0 Å². The Bertz CT molecular complexity index is 1020. The van der Waals surface area contributed by atoms with Gasteiger partial charge < -0.3 is 14.2 Å². The number of amides is 1. The van der Waals surface area contributed by atoms with E-state index in [-0.39, 0.29) is 5.91 Å². The van der Waals surface area contributed by atoms with Crippen molar-refractivity contribution < 1.29 is 19.0 Å². The molecule has 0 unspecified atom stereocenters. The number of nitrogens with one attached hydrogen (secondary N) is 1. The van der Waals surface area contributed by atoms with Crippen LogP contribution in [0.15, 0.2) is 59.7 Å². The lowest BCUT2D eigenvalue weighted by Gasteiger charge is -2.08. The van der Waals surface area contributed by atoms with Crippen LogP contribution in [0.4, 0.5) is 0 Å². The summed E-state index contributed by atoms with van der Waals surface area (Å²) >= 11 is 0. The molecule has 3 rings (SSSR count). The summed E-state index contributed by atoms with van der Waals surface area (Å²) in [5.41, 5.74) is 4.60. The van der Waals surface area contributed by atoms with E-state index < -0.39 is 0 Å². The van der Waals surface area contributed by atoms with Crippen LogP contribution >= 0.6 is 0 Å². The third-order valence-corrected chi connectivity index (χ3v) is 4.40. The molecule has 0 aliphatic carbocycles. The van der Waals surface area contributed by atoms with E-state index in [4.69, 9.17) is 14.2 Å². The molecule has 0 aliphatic rings. The molecule has 6 heteroatoms. The lowest BCUT2D eigenvalue weighted by Crippen LogP contribution is -2.19. The van der Waals surface area contributed by atoms with Crippen LogP contribution in [0.5, 0.6) is 17.2 Å². The lowest BCUT2D eigenvalue weighted by molar-refractivity contribution is 0.0954. The molecule has 1 N–H and O–H groups in total. The normalized spacial score (nSPS) is 11.2. The average Bonchev–Trinajstić information content (AvgIpc) is 2.75. The van der Waals surface area contributed by atoms with Crippen LogP contribution < -0.4 is 19.6 Å². The molecule has 6 nitrogen and oxygen atoms in total. The van der Waals surface area contributed by atoms with Gasteiger partial charge in [0.1, 0.15) is 17.2 Å². The lowest BCUT2D eigenvalue weighted by atomic mass is 10.0. The van der Waals surface area contributed by atoms with Crippen molar-refractivity contribution >= 4 is 22.4 Å². The Labute approximate surface area is 163 Å². The smallest absolute Gasteiger partial charge is 0.271 e. The van der Waals surface area contributed by atoms with Gasteiger partial charge in [0.15, 0.2) is 0 Å². The predicted octanol–water partition coefficient (Wildman–Crippen LogP) is 4.02. The van der Waals surface area contributed by atoms with Crippen molar-refractivity contribution in [2.45, 2.75) is 6.92 Å². The molecule has 144 valence electrons. The molecule has 0 aliphatic heterocycles. The molecule has 0 radical (unpaired) electrons. The van der Waals surface area contributed by atoms with Gasteiger partial charge in [-0.25, -0.2) is 5.43 Å². The zero-order valence-electron chi connectivity index (χ0n) is 16.3. The first-order valence-electron chi connectivity index (χ1n) is 8.70. The number of benzene rings is 3. The quantitative estimate of drug-likeness (QED) is 0.520. The van der Waals surface area contributed by atoms with E-state index in [1.54, 1.807) is 25.3 Å². The van der Waals surface area contributed by atoms with Crippen molar-refractivity contribution in [2.24, 2.45) is 5.10 Å². The van der Waals surface area contributed by atoms with Gasteiger partial charge in [0.25, 0.3) is 5.91 Å². The second-order valence-corrected chi connectivity index (χ2v) is 6.17. The fourth-order valence-electron chi connectivity index (χ4n) is 2.78. The standard InChI is InChI=1S/C22H22N2O4/c1-14(15-5-6-17-10-19(26-2)8-7-16(17)9-15)23-24-22(25)18-11-20(27-3)13-21(12-18)28-4/h5-13H,1-4H3,(H,24,25)/b23-14-. The van der Waals surface area contributed by atoms with Crippen molar-refractivity contribution in [1.29, 1.82) is 0 Å². The molecule has 28 heavy (non-hydrogen) atoms. The Hall–Kier alpha value is -3.54. The maximum atomic E-state index is 12.5. The molecule has 0 fully saturated rings. The average molecular weight is 378 g/mol. The number of rotatable bonds is 6. The Kier molecular flexibility index (Phi) is 5.79. The number of carbonyl (C=O) groups is 1. The molecule has 1 amide bonds. The van der Waals surface area contributed by atoms with Crippen LogP contribution in [0, 0.1) is 0 Å². The van der Waals surface area contributed by atoms with E-state index in [9.17, 15) is 4.79 Å². The number of hydrazone groups is 1. The Morgan fingerprint density at radius 2 is 1.36 bits per heavy atom. The third kappa shape index (κ3) is 4.23. The molecule has 0 saturated heterocycles. The molecule has 0 aromatic heterocycles. The number of ether oxygens (including phenoxy) is 3. The van der Waals surface area contributed by atoms with Crippen LogP contribution in [0.2, 0.25) is 0 Å². The Morgan fingerprint density at radius 1 is 0.750 bits per heavy atom. The van der Waals surface area contributed by atoms with E-state index in [0.717, 1.165) is 22.1 Å². The van der Waals surface area contributed by atoms with Crippen molar-refractivity contribution in [2.75, 3.05) is 21.3 Å². The van der Waals surface area contributed by atoms with Gasteiger partial charge in [-0.3, -0.25) is 4.79 Å². The van der Waals surface area contributed by atoms with E-state index in [0.29, 0.717) is 22.8 Å². The van der Waals surface area contributed by atoms with Crippen molar-refractivity contribution in [1.82, 2.24) is 5.43 Å². The molecule has 0 heterocycles. The van der Waals surface area contributed by atoms with Gasteiger partial charge >= 0.3 is 0 Å². The first-order valence-corrected chi connectivity index (χ1v) is 8.70. The fourth-order valence-corrected chi connectivity index (χ4v) is 2.78. The highest BCUT2D eigenvalue weighted by Crippen LogP contribution is 2.23. The second kappa shape index (κ2) is 8.43. The van der Waals surface area contributed by atoms with Gasteiger partial charge in [-0.05, 0) is 53.6 Å². The van der Waals surface area contributed by atoms with E-state index in [1.807, 2.05) is 43.3 Å². The van der Waals surface area contributed by atoms with Gasteiger partial charge in [-0.15, -0.1) is 0 Å². The summed E-state index contributed by atoms with van der Waals surface area (Å²) in [4.78, 5) is 12.5. The minimum Gasteiger partial charge on any atom is -0.497 e. The van der Waals surface area contributed by atoms with Crippen LogP contribution in [0.3, 0.4) is 0 Å². The number of hydrogen-bond acceptors (Lipinski definition) is 5. The molecule has 0 bridgehead atoms. The highest BCUT2D eigenvalue weighted by atomic mass is 16.5. The molecule has 0 saturated carbocycles. The van der Waals surface area contributed by atoms with Crippen LogP contribution in [0.25, 0.3) is 10.8 Å². The number of hydrogen-bond donors (Lipinski definition) is 1. The summed E-state index contributed by atoms with van der Waals surface area (Å²) in [6.45, 7) is 1.84. The molecular formula is C22H22N2O4. The van der Waals surface area contributed by atoms with Crippen LogP contribution in [0.1, 0.15) is 22.8 Å². The number of methoxy groups -OCH3 is 3. The Morgan fingerprint density at radius 3 is 2.00 bits per heavy atom. The molecule has 0 atom stereocenters. The summed E-state index contributed by atoms with van der Waals surface area (Å²) in [6, 6.07) is 16.8. The SMILES string of the molecule is COc1cc(OC)cc(C(=O)N/N=C(/C)c2ccc3cc(OC)ccc3c2)c1. The van der Waals surface area contributed by atoms with E-state index in [2.05, 4.69) is 10.5 Å². The van der Waals surface area contributed by atoms with Crippen LogP contribution in [-0.4, -0.2) is 32.9 Å².